The van der Waals surface area contributed by atoms with Crippen LogP contribution in [-0.4, -0.2) is 79.0 Å². The standard InChI is InChI=1S/C15H34O4P2/c1-13(16-3)18-9-15(11-20(5)6,12-21(7)8)10-19-14(2)17-4/h13-14H,9-12H2,1-8H3. The van der Waals surface area contributed by atoms with E-state index in [1.165, 1.54) is 0 Å². The quantitative estimate of drug-likeness (QED) is 0.403. The molecule has 0 radical (unpaired) electrons. The Kier molecular flexibility index (Phi) is 11.6. The van der Waals surface area contributed by atoms with Crippen molar-refractivity contribution in [1.29, 1.82) is 0 Å². The van der Waals surface area contributed by atoms with E-state index in [1.54, 1.807) is 14.2 Å². The van der Waals surface area contributed by atoms with Crippen LogP contribution in [0.15, 0.2) is 0 Å². The van der Waals surface area contributed by atoms with Gasteiger partial charge in [-0.1, -0.05) is 0 Å². The van der Waals surface area contributed by atoms with Crippen LogP contribution in [0.1, 0.15) is 13.8 Å². The lowest BCUT2D eigenvalue weighted by atomic mass is 9.95. The highest BCUT2D eigenvalue weighted by atomic mass is 31.1. The van der Waals surface area contributed by atoms with Crippen LogP contribution < -0.4 is 0 Å². The van der Waals surface area contributed by atoms with E-state index in [9.17, 15) is 0 Å². The van der Waals surface area contributed by atoms with Crippen molar-refractivity contribution in [3.05, 3.63) is 0 Å². The maximum Gasteiger partial charge on any atom is 0.154 e. The van der Waals surface area contributed by atoms with E-state index >= 15 is 0 Å². The van der Waals surface area contributed by atoms with Gasteiger partial charge in [0.1, 0.15) is 0 Å². The Hall–Kier alpha value is 0.700. The van der Waals surface area contributed by atoms with Gasteiger partial charge in [-0.2, -0.15) is 0 Å². The van der Waals surface area contributed by atoms with Crippen molar-refractivity contribution >= 4 is 15.8 Å². The molecular weight excluding hydrogens is 306 g/mol. The van der Waals surface area contributed by atoms with Crippen molar-refractivity contribution in [2.24, 2.45) is 5.41 Å². The van der Waals surface area contributed by atoms with Gasteiger partial charge in [-0.25, -0.2) is 0 Å². The second-order valence-electron chi connectivity index (χ2n) is 6.20. The highest BCUT2D eigenvalue weighted by Gasteiger charge is 2.34. The Morgan fingerprint density at radius 2 is 1.10 bits per heavy atom. The molecule has 0 heterocycles. The summed E-state index contributed by atoms with van der Waals surface area (Å²) in [4.78, 5) is 0. The van der Waals surface area contributed by atoms with Crippen LogP contribution in [0.25, 0.3) is 0 Å². The van der Waals surface area contributed by atoms with Crippen molar-refractivity contribution in [2.45, 2.75) is 26.4 Å². The third kappa shape index (κ3) is 10.2. The van der Waals surface area contributed by atoms with E-state index in [0.29, 0.717) is 13.2 Å². The molecule has 0 amide bonds. The number of rotatable bonds is 12. The van der Waals surface area contributed by atoms with E-state index in [2.05, 4.69) is 26.7 Å². The predicted molar refractivity (Wildman–Crippen MR) is 94.5 cm³/mol. The lowest BCUT2D eigenvalue weighted by Crippen LogP contribution is -2.40. The van der Waals surface area contributed by atoms with Crippen LogP contribution in [0, 0.1) is 5.41 Å². The summed E-state index contributed by atoms with van der Waals surface area (Å²) in [5.74, 6) is 0. The summed E-state index contributed by atoms with van der Waals surface area (Å²) in [7, 11) is 3.31. The van der Waals surface area contributed by atoms with Gasteiger partial charge < -0.3 is 18.9 Å². The summed E-state index contributed by atoms with van der Waals surface area (Å²) < 4.78 is 22.3. The summed E-state index contributed by atoms with van der Waals surface area (Å²) in [6.45, 7) is 14.5. The molecule has 0 rings (SSSR count). The van der Waals surface area contributed by atoms with Crippen molar-refractivity contribution < 1.29 is 18.9 Å². The third-order valence-electron chi connectivity index (χ3n) is 3.22. The Bertz CT molecular complexity index is 236. The second-order valence-corrected chi connectivity index (χ2v) is 11.2. The molecule has 2 unspecified atom stereocenters. The molecule has 0 fully saturated rings. The molecule has 0 aliphatic rings. The highest BCUT2D eigenvalue weighted by Crippen LogP contribution is 2.43. The minimum atomic E-state index is -0.177. The molecule has 0 saturated carbocycles. The molecule has 2 atom stereocenters. The molecule has 0 spiro atoms. The molecule has 0 N–H and O–H groups in total. The average Bonchev–Trinajstić information content (AvgIpc) is 2.40. The molecule has 0 aromatic heterocycles. The first-order valence-electron chi connectivity index (χ1n) is 7.33. The van der Waals surface area contributed by atoms with Gasteiger partial charge >= 0.3 is 0 Å². The maximum absolute atomic E-state index is 5.90. The molecule has 0 saturated heterocycles. The normalized spacial score (nSPS) is 15.7. The molecule has 128 valence electrons. The van der Waals surface area contributed by atoms with Crippen LogP contribution in [0.3, 0.4) is 0 Å². The van der Waals surface area contributed by atoms with Gasteiger partial charge in [-0.3, -0.25) is 0 Å². The Labute approximate surface area is 133 Å². The molecular formula is C15H34O4P2. The maximum atomic E-state index is 5.90. The zero-order valence-corrected chi connectivity index (χ0v) is 16.8. The summed E-state index contributed by atoms with van der Waals surface area (Å²) >= 11 is 0. The molecule has 6 heteroatoms. The zero-order valence-electron chi connectivity index (χ0n) is 15.0. The first-order chi connectivity index (χ1) is 9.74. The van der Waals surface area contributed by atoms with Crippen LogP contribution in [-0.2, 0) is 18.9 Å². The van der Waals surface area contributed by atoms with Gasteiger partial charge in [-0.15, -0.1) is 15.8 Å². The van der Waals surface area contributed by atoms with Gasteiger partial charge in [0.05, 0.1) is 13.2 Å². The van der Waals surface area contributed by atoms with Gasteiger partial charge in [0.25, 0.3) is 0 Å². The largest absolute Gasteiger partial charge is 0.356 e. The minimum Gasteiger partial charge on any atom is -0.356 e. The van der Waals surface area contributed by atoms with Crippen LogP contribution in [0.5, 0.6) is 0 Å². The van der Waals surface area contributed by atoms with E-state index in [-0.39, 0.29) is 33.8 Å². The number of hydrogen-bond acceptors (Lipinski definition) is 4. The Morgan fingerprint density at radius 3 is 1.33 bits per heavy atom. The third-order valence-corrected chi connectivity index (χ3v) is 5.82. The van der Waals surface area contributed by atoms with Crippen LogP contribution >= 0.6 is 15.8 Å². The van der Waals surface area contributed by atoms with Gasteiger partial charge in [-0.05, 0) is 52.8 Å². The average molecular weight is 340 g/mol. The number of ether oxygens (including phenoxy) is 4. The summed E-state index contributed by atoms with van der Waals surface area (Å²) in [5.41, 5.74) is 0.0595. The Morgan fingerprint density at radius 1 is 0.762 bits per heavy atom. The molecule has 0 aliphatic carbocycles. The predicted octanol–water partition coefficient (Wildman–Crippen LogP) is 3.47. The Balaban J connectivity index is 4.91. The fraction of sp³-hybridized carbons (Fsp3) is 1.00. The van der Waals surface area contributed by atoms with Crippen LogP contribution in [0.2, 0.25) is 0 Å². The molecule has 0 aliphatic heterocycles. The highest BCUT2D eigenvalue weighted by molar-refractivity contribution is 7.57. The van der Waals surface area contributed by atoms with Gasteiger partial charge in [0.15, 0.2) is 12.6 Å². The van der Waals surface area contributed by atoms with Gasteiger partial charge in [0.2, 0.25) is 0 Å². The SMILES string of the molecule is COC(C)OCC(COC(C)OC)(CP(C)C)CP(C)C. The topological polar surface area (TPSA) is 36.9 Å². The van der Waals surface area contributed by atoms with E-state index in [1.807, 2.05) is 13.8 Å². The molecule has 0 bridgehead atoms. The minimum absolute atomic E-state index is 0.0204. The lowest BCUT2D eigenvalue weighted by molar-refractivity contribution is -0.162. The van der Waals surface area contributed by atoms with Crippen LogP contribution in [0.4, 0.5) is 0 Å². The fourth-order valence-corrected chi connectivity index (χ4v) is 5.79. The van der Waals surface area contributed by atoms with E-state index < -0.39 is 0 Å². The number of hydrogen-bond donors (Lipinski definition) is 0. The monoisotopic (exact) mass is 340 g/mol. The number of methoxy groups -OCH3 is 2. The molecule has 4 nitrogen and oxygen atoms in total. The van der Waals surface area contributed by atoms with Gasteiger partial charge in [0, 0.05) is 19.6 Å². The van der Waals surface area contributed by atoms with Crippen molar-refractivity contribution in [1.82, 2.24) is 0 Å². The second kappa shape index (κ2) is 11.3. The van der Waals surface area contributed by atoms with E-state index in [0.717, 1.165) is 12.3 Å². The smallest absolute Gasteiger partial charge is 0.154 e. The summed E-state index contributed by atoms with van der Waals surface area (Å²) in [6, 6.07) is 0. The molecule has 21 heavy (non-hydrogen) atoms. The summed E-state index contributed by atoms with van der Waals surface area (Å²) in [5, 5.41) is 0. The first kappa shape index (κ1) is 21.7. The lowest BCUT2D eigenvalue weighted by Gasteiger charge is -2.37. The van der Waals surface area contributed by atoms with Crippen molar-refractivity contribution in [3.63, 3.8) is 0 Å². The molecule has 0 aromatic rings. The van der Waals surface area contributed by atoms with E-state index in [4.69, 9.17) is 18.9 Å². The zero-order chi connectivity index (χ0) is 16.5. The van der Waals surface area contributed by atoms with Crippen molar-refractivity contribution in [2.75, 3.05) is 66.4 Å². The summed E-state index contributed by atoms with van der Waals surface area (Å²) in [6.07, 6.45) is 1.94. The van der Waals surface area contributed by atoms with Crippen molar-refractivity contribution in [3.8, 4) is 0 Å². The molecule has 0 aromatic carbocycles. The fourth-order valence-electron chi connectivity index (χ4n) is 2.34. The first-order valence-corrected chi connectivity index (χ1v) is 12.2.